The summed E-state index contributed by atoms with van der Waals surface area (Å²) in [6, 6.07) is 11.8. The van der Waals surface area contributed by atoms with Crippen LogP contribution in [0.1, 0.15) is 24.5 Å². The molecule has 4 rings (SSSR count). The first-order chi connectivity index (χ1) is 16.6. The van der Waals surface area contributed by atoms with Crippen LogP contribution in [0.4, 0.5) is 5.13 Å². The van der Waals surface area contributed by atoms with Crippen LogP contribution in [0, 0.1) is 0 Å². The van der Waals surface area contributed by atoms with E-state index in [9.17, 15) is 4.79 Å². The van der Waals surface area contributed by atoms with Gasteiger partial charge in [0.15, 0.2) is 16.6 Å². The van der Waals surface area contributed by atoms with E-state index in [1.807, 2.05) is 35.0 Å². The maximum Gasteiger partial charge on any atom is 0.252 e. The van der Waals surface area contributed by atoms with Crippen LogP contribution in [0.15, 0.2) is 61.2 Å². The smallest absolute Gasteiger partial charge is 0.252 e. The third-order valence-electron chi connectivity index (χ3n) is 5.55. The highest BCUT2D eigenvalue weighted by Crippen LogP contribution is 2.32. The van der Waals surface area contributed by atoms with Crippen molar-refractivity contribution < 1.29 is 14.3 Å². The minimum atomic E-state index is -0.113. The number of thiazole rings is 1. The predicted molar refractivity (Wildman–Crippen MR) is 144 cm³/mol. The molecule has 0 saturated heterocycles. The van der Waals surface area contributed by atoms with Crippen LogP contribution in [0.25, 0.3) is 16.3 Å². The van der Waals surface area contributed by atoms with E-state index in [0.29, 0.717) is 23.2 Å². The van der Waals surface area contributed by atoms with Gasteiger partial charge in [-0.1, -0.05) is 36.5 Å². The van der Waals surface area contributed by atoms with Crippen molar-refractivity contribution in [2.75, 3.05) is 25.7 Å². The van der Waals surface area contributed by atoms with Crippen LogP contribution in [0.2, 0.25) is 0 Å². The Morgan fingerprint density at radius 3 is 2.71 bits per heavy atom. The van der Waals surface area contributed by atoms with Crippen LogP contribution < -0.4 is 14.4 Å². The third kappa shape index (κ3) is 6.21. The standard InChI is InChI=1S/C26H28N4O3S.ClH/c1-4-20-7-5-8-23-25(20)28-26(34-23)30(15-6-14-29-16-13-27-18-29)24(31)12-10-19-9-11-21(32-2)22(17-19)33-3;/h5,7-13,16-18H,4,6,14-15H2,1-3H3;1H/b12-10+;. The molecule has 9 heteroatoms. The van der Waals surface area contributed by atoms with E-state index < -0.39 is 0 Å². The summed E-state index contributed by atoms with van der Waals surface area (Å²) in [5.41, 5.74) is 3.01. The molecule has 7 nitrogen and oxygen atoms in total. The van der Waals surface area contributed by atoms with Crippen molar-refractivity contribution in [3.8, 4) is 11.5 Å². The number of hydrogen-bond donors (Lipinski definition) is 0. The first-order valence-corrected chi connectivity index (χ1v) is 12.0. The molecule has 35 heavy (non-hydrogen) atoms. The number of anilines is 1. The first-order valence-electron chi connectivity index (χ1n) is 11.2. The number of ether oxygens (including phenoxy) is 2. The van der Waals surface area contributed by atoms with Crippen LogP contribution in [-0.4, -0.2) is 41.2 Å². The Labute approximate surface area is 215 Å². The van der Waals surface area contributed by atoms with Gasteiger partial charge < -0.3 is 14.0 Å². The zero-order valence-corrected chi connectivity index (χ0v) is 21.6. The number of aryl methyl sites for hydroxylation is 2. The summed E-state index contributed by atoms with van der Waals surface area (Å²) in [7, 11) is 3.19. The molecular weight excluding hydrogens is 484 g/mol. The second-order valence-corrected chi connectivity index (χ2v) is 8.71. The molecule has 2 heterocycles. The van der Waals surface area contributed by atoms with Gasteiger partial charge in [-0.05, 0) is 48.2 Å². The lowest BCUT2D eigenvalue weighted by molar-refractivity contribution is -0.114. The minimum Gasteiger partial charge on any atom is -0.493 e. The molecule has 0 spiro atoms. The molecule has 0 aliphatic heterocycles. The molecule has 4 aromatic rings. The number of hydrogen-bond acceptors (Lipinski definition) is 6. The number of methoxy groups -OCH3 is 2. The van der Waals surface area contributed by atoms with Crippen molar-refractivity contribution in [2.45, 2.75) is 26.3 Å². The SMILES string of the molecule is CCc1cccc2sc(N(CCCn3ccnc3)C(=O)/C=C/c3ccc(OC)c(OC)c3)nc12.Cl. The fraction of sp³-hybridized carbons (Fsp3) is 0.269. The largest absolute Gasteiger partial charge is 0.493 e. The number of carbonyl (C=O) groups excluding carboxylic acids is 1. The molecule has 0 saturated carbocycles. The van der Waals surface area contributed by atoms with E-state index in [1.165, 1.54) is 5.56 Å². The molecule has 0 radical (unpaired) electrons. The molecule has 0 unspecified atom stereocenters. The van der Waals surface area contributed by atoms with E-state index in [1.54, 1.807) is 55.1 Å². The normalized spacial score (nSPS) is 10.9. The number of fused-ring (bicyclic) bond motifs is 1. The van der Waals surface area contributed by atoms with Gasteiger partial charge in [-0.25, -0.2) is 9.97 Å². The van der Waals surface area contributed by atoms with Crippen molar-refractivity contribution in [1.29, 1.82) is 0 Å². The molecular formula is C26H29ClN4O3S. The third-order valence-corrected chi connectivity index (χ3v) is 6.60. The molecule has 2 aromatic carbocycles. The summed E-state index contributed by atoms with van der Waals surface area (Å²) in [6.07, 6.45) is 10.5. The molecule has 0 aliphatic carbocycles. The van der Waals surface area contributed by atoms with Gasteiger partial charge in [0.2, 0.25) is 0 Å². The van der Waals surface area contributed by atoms with E-state index in [-0.39, 0.29) is 18.3 Å². The van der Waals surface area contributed by atoms with Crippen LogP contribution in [-0.2, 0) is 17.8 Å². The quantitative estimate of drug-likeness (QED) is 0.257. The van der Waals surface area contributed by atoms with Gasteiger partial charge in [0.25, 0.3) is 5.91 Å². The summed E-state index contributed by atoms with van der Waals surface area (Å²) >= 11 is 1.55. The molecule has 0 bridgehead atoms. The number of halogens is 1. The molecule has 0 aliphatic rings. The van der Waals surface area contributed by atoms with E-state index in [0.717, 1.165) is 35.2 Å². The number of benzene rings is 2. The Morgan fingerprint density at radius 1 is 1.17 bits per heavy atom. The van der Waals surface area contributed by atoms with E-state index >= 15 is 0 Å². The number of nitrogens with zero attached hydrogens (tertiary/aromatic N) is 4. The predicted octanol–water partition coefficient (Wildman–Crippen LogP) is 5.63. The summed E-state index contributed by atoms with van der Waals surface area (Å²) in [5.74, 6) is 1.15. The zero-order valence-electron chi connectivity index (χ0n) is 20.0. The maximum atomic E-state index is 13.3. The summed E-state index contributed by atoms with van der Waals surface area (Å²) in [6.45, 7) is 3.44. The van der Waals surface area contributed by atoms with Gasteiger partial charge in [-0.2, -0.15) is 0 Å². The van der Waals surface area contributed by atoms with Crippen LogP contribution in [0.5, 0.6) is 11.5 Å². The molecule has 0 fully saturated rings. The summed E-state index contributed by atoms with van der Waals surface area (Å²) in [4.78, 5) is 24.1. The lowest BCUT2D eigenvalue weighted by Gasteiger charge is -2.18. The van der Waals surface area contributed by atoms with E-state index in [4.69, 9.17) is 14.5 Å². The Hall–Kier alpha value is -3.36. The molecule has 0 N–H and O–H groups in total. The molecule has 1 amide bonds. The van der Waals surface area contributed by atoms with E-state index in [2.05, 4.69) is 24.0 Å². The monoisotopic (exact) mass is 512 g/mol. The van der Waals surface area contributed by atoms with Gasteiger partial charge >= 0.3 is 0 Å². The van der Waals surface area contributed by atoms with Gasteiger partial charge in [-0.15, -0.1) is 12.4 Å². The number of amides is 1. The summed E-state index contributed by atoms with van der Waals surface area (Å²) in [5, 5.41) is 0.712. The fourth-order valence-electron chi connectivity index (χ4n) is 3.74. The van der Waals surface area contributed by atoms with Crippen molar-refractivity contribution in [1.82, 2.24) is 14.5 Å². The van der Waals surface area contributed by atoms with Crippen molar-refractivity contribution in [3.63, 3.8) is 0 Å². The van der Waals surface area contributed by atoms with Crippen LogP contribution >= 0.6 is 23.7 Å². The van der Waals surface area contributed by atoms with Crippen molar-refractivity contribution in [2.24, 2.45) is 0 Å². The number of imidazole rings is 1. The molecule has 0 atom stereocenters. The Bertz CT molecular complexity index is 1290. The number of rotatable bonds is 10. The number of carbonyl (C=O) groups is 1. The lowest BCUT2D eigenvalue weighted by Crippen LogP contribution is -2.30. The average Bonchev–Trinajstić information content (AvgIpc) is 3.54. The second-order valence-electron chi connectivity index (χ2n) is 7.71. The van der Waals surface area contributed by atoms with Crippen molar-refractivity contribution in [3.05, 3.63) is 72.3 Å². The lowest BCUT2D eigenvalue weighted by atomic mass is 10.1. The highest BCUT2D eigenvalue weighted by Gasteiger charge is 2.19. The topological polar surface area (TPSA) is 69.5 Å². The fourth-order valence-corrected chi connectivity index (χ4v) is 4.78. The highest BCUT2D eigenvalue weighted by molar-refractivity contribution is 7.22. The van der Waals surface area contributed by atoms with Crippen molar-refractivity contribution >= 4 is 51.1 Å². The van der Waals surface area contributed by atoms with Crippen LogP contribution in [0.3, 0.4) is 0 Å². The minimum absolute atomic E-state index is 0. The van der Waals surface area contributed by atoms with Gasteiger partial charge in [-0.3, -0.25) is 9.69 Å². The average molecular weight is 513 g/mol. The van der Waals surface area contributed by atoms with Gasteiger partial charge in [0.1, 0.15) is 0 Å². The molecule has 184 valence electrons. The first kappa shape index (κ1) is 26.2. The highest BCUT2D eigenvalue weighted by atomic mass is 35.5. The Morgan fingerprint density at radius 2 is 2.00 bits per heavy atom. The van der Waals surface area contributed by atoms with Gasteiger partial charge in [0.05, 0.1) is 30.8 Å². The molecule has 2 aromatic heterocycles. The zero-order chi connectivity index (χ0) is 23.9. The summed E-state index contributed by atoms with van der Waals surface area (Å²) < 4.78 is 13.8. The maximum absolute atomic E-state index is 13.3. The van der Waals surface area contributed by atoms with Gasteiger partial charge in [0, 0.05) is 31.6 Å². The Kier molecular flexibility index (Phi) is 9.28. The number of aromatic nitrogens is 3. The number of para-hydroxylation sites is 1. The second kappa shape index (κ2) is 12.4. The Balaban J connectivity index is 0.00000342.